The Kier molecular flexibility index (Phi) is 5.43. The molecule has 2 saturated heterocycles. The zero-order chi connectivity index (χ0) is 22.1. The number of ether oxygens (including phenoxy) is 1. The second kappa shape index (κ2) is 8.54. The van der Waals surface area contributed by atoms with E-state index < -0.39 is 0 Å². The van der Waals surface area contributed by atoms with Crippen molar-refractivity contribution < 1.29 is 14.3 Å². The number of nitrogens with zero attached hydrogens (tertiary/aromatic N) is 2. The molecule has 5 rings (SSSR count). The predicted octanol–water partition coefficient (Wildman–Crippen LogP) is 5.42. The van der Waals surface area contributed by atoms with E-state index in [1.54, 1.807) is 0 Å². The van der Waals surface area contributed by atoms with Crippen molar-refractivity contribution >= 4 is 28.6 Å². The van der Waals surface area contributed by atoms with Gasteiger partial charge >= 0.3 is 12.1 Å². The van der Waals surface area contributed by atoms with Crippen LogP contribution >= 0.6 is 0 Å². The van der Waals surface area contributed by atoms with Gasteiger partial charge in [-0.05, 0) is 48.2 Å². The van der Waals surface area contributed by atoms with Crippen LogP contribution in [0, 0.1) is 0 Å². The van der Waals surface area contributed by atoms with E-state index in [0.29, 0.717) is 13.1 Å². The van der Waals surface area contributed by atoms with Gasteiger partial charge in [0.25, 0.3) is 0 Å². The number of carbonyl (C=O) groups excluding carboxylic acids is 2. The molecule has 2 aliphatic heterocycles. The fraction of sp³-hybridized carbons (Fsp3) is 0.308. The third-order valence-corrected chi connectivity index (χ3v) is 6.59. The van der Waals surface area contributed by atoms with E-state index in [4.69, 9.17) is 4.74 Å². The summed E-state index contributed by atoms with van der Waals surface area (Å²) in [6, 6.07) is 23.9. The summed E-state index contributed by atoms with van der Waals surface area (Å²) in [7, 11) is 0. The Balaban J connectivity index is 1.20. The number of piperidine rings is 1. The van der Waals surface area contributed by atoms with Crippen molar-refractivity contribution in [3.63, 3.8) is 0 Å². The maximum absolute atomic E-state index is 12.8. The lowest BCUT2D eigenvalue weighted by atomic mass is 9.98. The van der Waals surface area contributed by atoms with Crippen molar-refractivity contribution in [2.45, 2.75) is 38.0 Å². The highest BCUT2D eigenvalue weighted by Crippen LogP contribution is 2.35. The van der Waals surface area contributed by atoms with Crippen LogP contribution < -0.4 is 5.32 Å². The Bertz CT molecular complexity index is 1130. The van der Waals surface area contributed by atoms with Crippen LogP contribution in [0.4, 0.5) is 15.3 Å². The standard InChI is InChI=1S/C26H27N3O3/c1-18-24(20-8-3-2-4-9-20)32-26(31)29(18)23-13-15-28(16-14-23)25(30)27-22-12-11-19-7-5-6-10-21(19)17-22/h2-12,17-18,23-24H,13-16H2,1H3,(H,27,30). The normalized spacial score (nSPS) is 21.6. The number of fused-ring (bicyclic) bond motifs is 1. The number of hydrogen-bond acceptors (Lipinski definition) is 3. The molecule has 2 atom stereocenters. The molecule has 3 amide bonds. The van der Waals surface area contributed by atoms with Gasteiger partial charge < -0.3 is 15.0 Å². The molecule has 2 fully saturated rings. The molecule has 3 aromatic carbocycles. The van der Waals surface area contributed by atoms with Gasteiger partial charge in [-0.2, -0.15) is 0 Å². The second-order valence-corrected chi connectivity index (χ2v) is 8.57. The molecule has 0 spiro atoms. The van der Waals surface area contributed by atoms with Crippen LogP contribution in [0.3, 0.4) is 0 Å². The smallest absolute Gasteiger partial charge is 0.411 e. The molecule has 0 aliphatic carbocycles. The second-order valence-electron chi connectivity index (χ2n) is 8.57. The highest BCUT2D eigenvalue weighted by molar-refractivity contribution is 5.93. The maximum Gasteiger partial charge on any atom is 0.411 e. The first kappa shape index (κ1) is 20.4. The average Bonchev–Trinajstić information content (AvgIpc) is 3.13. The molecular weight excluding hydrogens is 402 g/mol. The van der Waals surface area contributed by atoms with Gasteiger partial charge in [-0.25, -0.2) is 9.59 Å². The van der Waals surface area contributed by atoms with Crippen LogP contribution in [0.2, 0.25) is 0 Å². The fourth-order valence-corrected chi connectivity index (χ4v) is 4.87. The Hall–Kier alpha value is -3.54. The van der Waals surface area contributed by atoms with E-state index in [-0.39, 0.29) is 30.3 Å². The van der Waals surface area contributed by atoms with Crippen LogP contribution in [0.25, 0.3) is 10.8 Å². The van der Waals surface area contributed by atoms with Gasteiger partial charge in [-0.1, -0.05) is 60.7 Å². The molecule has 164 valence electrons. The molecule has 2 unspecified atom stereocenters. The highest BCUT2D eigenvalue weighted by Gasteiger charge is 2.44. The van der Waals surface area contributed by atoms with Crippen molar-refractivity contribution in [1.29, 1.82) is 0 Å². The SMILES string of the molecule is CC1C(c2ccccc2)OC(=O)N1C1CCN(C(=O)Nc2ccc3ccccc3c2)CC1. The number of carbonyl (C=O) groups is 2. The Morgan fingerprint density at radius 1 is 0.938 bits per heavy atom. The van der Waals surface area contributed by atoms with Crippen molar-refractivity contribution in [3.05, 3.63) is 78.4 Å². The Morgan fingerprint density at radius 3 is 2.38 bits per heavy atom. The minimum atomic E-state index is -0.259. The molecule has 0 radical (unpaired) electrons. The maximum atomic E-state index is 12.8. The largest absolute Gasteiger partial charge is 0.439 e. The number of nitrogens with one attached hydrogen (secondary N) is 1. The summed E-state index contributed by atoms with van der Waals surface area (Å²) in [5, 5.41) is 5.26. The molecule has 1 N–H and O–H groups in total. The number of urea groups is 1. The summed E-state index contributed by atoms with van der Waals surface area (Å²) in [4.78, 5) is 29.1. The van der Waals surface area contributed by atoms with E-state index in [1.165, 1.54) is 0 Å². The minimum absolute atomic E-state index is 0.0344. The Morgan fingerprint density at radius 2 is 1.62 bits per heavy atom. The third-order valence-electron chi connectivity index (χ3n) is 6.59. The summed E-state index contributed by atoms with van der Waals surface area (Å²) in [5.74, 6) is 0. The van der Waals surface area contributed by atoms with Crippen LogP contribution in [-0.4, -0.2) is 47.1 Å². The van der Waals surface area contributed by atoms with Crippen LogP contribution in [-0.2, 0) is 4.74 Å². The first-order chi connectivity index (χ1) is 15.6. The average molecular weight is 430 g/mol. The van der Waals surface area contributed by atoms with Gasteiger partial charge in [-0.15, -0.1) is 0 Å². The summed E-state index contributed by atoms with van der Waals surface area (Å²) < 4.78 is 5.71. The van der Waals surface area contributed by atoms with Crippen LogP contribution in [0.15, 0.2) is 72.8 Å². The zero-order valence-electron chi connectivity index (χ0n) is 18.1. The number of anilines is 1. The predicted molar refractivity (Wildman–Crippen MR) is 125 cm³/mol. The van der Waals surface area contributed by atoms with Gasteiger partial charge in [0.15, 0.2) is 0 Å². The van der Waals surface area contributed by atoms with Crippen molar-refractivity contribution in [3.8, 4) is 0 Å². The number of rotatable bonds is 3. The van der Waals surface area contributed by atoms with Crippen molar-refractivity contribution in [2.75, 3.05) is 18.4 Å². The first-order valence-corrected chi connectivity index (χ1v) is 11.2. The zero-order valence-corrected chi connectivity index (χ0v) is 18.1. The Labute approximate surface area is 187 Å². The lowest BCUT2D eigenvalue weighted by Crippen LogP contribution is -2.50. The number of likely N-dealkylation sites (tertiary alicyclic amines) is 1. The number of benzene rings is 3. The summed E-state index contributed by atoms with van der Waals surface area (Å²) in [6.07, 6.45) is 0.974. The molecule has 6 heteroatoms. The molecule has 0 bridgehead atoms. The highest BCUT2D eigenvalue weighted by atomic mass is 16.6. The van der Waals surface area contributed by atoms with E-state index in [9.17, 15) is 9.59 Å². The summed E-state index contributed by atoms with van der Waals surface area (Å²) in [6.45, 7) is 3.26. The molecule has 0 aromatic heterocycles. The minimum Gasteiger partial charge on any atom is -0.439 e. The van der Waals surface area contributed by atoms with Crippen LogP contribution in [0.5, 0.6) is 0 Å². The van der Waals surface area contributed by atoms with E-state index in [1.807, 2.05) is 83.5 Å². The van der Waals surface area contributed by atoms with E-state index in [2.05, 4.69) is 11.4 Å². The number of amides is 3. The molecular formula is C26H27N3O3. The van der Waals surface area contributed by atoms with Gasteiger partial charge in [0.1, 0.15) is 6.10 Å². The molecule has 6 nitrogen and oxygen atoms in total. The summed E-state index contributed by atoms with van der Waals surface area (Å²) in [5.41, 5.74) is 1.81. The number of cyclic esters (lactones) is 1. The molecule has 2 aliphatic rings. The van der Waals surface area contributed by atoms with Crippen molar-refractivity contribution in [2.24, 2.45) is 0 Å². The van der Waals surface area contributed by atoms with Crippen LogP contribution in [0.1, 0.15) is 31.4 Å². The summed E-state index contributed by atoms with van der Waals surface area (Å²) >= 11 is 0. The van der Waals surface area contributed by atoms with E-state index >= 15 is 0 Å². The lowest BCUT2D eigenvalue weighted by Gasteiger charge is -2.37. The number of hydrogen-bond donors (Lipinski definition) is 1. The van der Waals surface area contributed by atoms with Gasteiger partial charge in [0.05, 0.1) is 6.04 Å². The molecule has 0 saturated carbocycles. The molecule has 2 heterocycles. The first-order valence-electron chi connectivity index (χ1n) is 11.2. The van der Waals surface area contributed by atoms with Gasteiger partial charge in [0.2, 0.25) is 0 Å². The fourth-order valence-electron chi connectivity index (χ4n) is 4.87. The third kappa shape index (κ3) is 3.88. The van der Waals surface area contributed by atoms with Gasteiger partial charge in [-0.3, -0.25) is 4.90 Å². The lowest BCUT2D eigenvalue weighted by molar-refractivity contribution is 0.115. The quantitative estimate of drug-likeness (QED) is 0.605. The molecule has 32 heavy (non-hydrogen) atoms. The topological polar surface area (TPSA) is 61.9 Å². The van der Waals surface area contributed by atoms with E-state index in [0.717, 1.165) is 34.9 Å². The molecule has 3 aromatic rings. The van der Waals surface area contributed by atoms with Crippen molar-refractivity contribution in [1.82, 2.24) is 9.80 Å². The monoisotopic (exact) mass is 429 g/mol. The van der Waals surface area contributed by atoms with Gasteiger partial charge in [0, 0.05) is 24.8 Å².